The minimum Gasteiger partial charge on any atom is -1.00 e. The molecule has 0 saturated heterocycles. The molecule has 4 rings (SSSR count). The quantitative estimate of drug-likeness (QED) is 0.0313. The summed E-state index contributed by atoms with van der Waals surface area (Å²) in [5, 5.41) is 11.9. The SMILES string of the molecule is CC(C)c1nc(CN(C)C(=O)N[C@H](C(=O)N[C@@H](Cc2ccccc2)C[C@H](OC(OP(=O)(O)O)C(C)C)[C@H](Cc2ccccc2)NC(=O)OCc2cncs2)C(C)C)cs1.[Ca+2].[H-].[H-]. The van der Waals surface area contributed by atoms with Crippen molar-refractivity contribution >= 4 is 86.3 Å². The summed E-state index contributed by atoms with van der Waals surface area (Å²) >= 11 is 2.87. The number of nitrogens with one attached hydrogen (secondary N) is 3. The molecule has 0 aliphatic carbocycles. The largest absolute Gasteiger partial charge is 2.00 e. The number of benzene rings is 2. The molecule has 0 aliphatic heterocycles. The number of aromatic nitrogens is 2. The van der Waals surface area contributed by atoms with Gasteiger partial charge in [0.1, 0.15) is 12.6 Å². The van der Waals surface area contributed by atoms with E-state index in [0.717, 1.165) is 26.7 Å². The van der Waals surface area contributed by atoms with Gasteiger partial charge in [-0.1, -0.05) is 102 Å². The van der Waals surface area contributed by atoms with E-state index in [1.54, 1.807) is 32.6 Å². The fraction of sp³-hybridized carbons (Fsp3) is 0.488. The first kappa shape index (κ1) is 51.4. The molecule has 19 heteroatoms. The molecule has 4 aromatic rings. The average Bonchev–Trinajstić information content (AvgIpc) is 3.88. The predicted molar refractivity (Wildman–Crippen MR) is 235 cm³/mol. The van der Waals surface area contributed by atoms with E-state index in [4.69, 9.17) is 14.0 Å². The zero-order valence-corrected chi connectivity index (χ0v) is 40.0. The molecule has 15 nitrogen and oxygen atoms in total. The summed E-state index contributed by atoms with van der Waals surface area (Å²) in [7, 11) is -3.39. The summed E-state index contributed by atoms with van der Waals surface area (Å²) in [5.41, 5.74) is 4.10. The van der Waals surface area contributed by atoms with Crippen LogP contribution in [-0.4, -0.2) is 118 Å². The fourth-order valence-corrected chi connectivity index (χ4v) is 8.02. The van der Waals surface area contributed by atoms with Crippen LogP contribution in [0.5, 0.6) is 0 Å². The number of carbonyl (C=O) groups excluding carboxylic acids is 3. The maximum Gasteiger partial charge on any atom is 2.00 e. The van der Waals surface area contributed by atoms with Crippen molar-refractivity contribution in [3.05, 3.63) is 104 Å². The Bertz CT molecular complexity index is 1950. The molecule has 2 aromatic heterocycles. The molecule has 0 aliphatic rings. The van der Waals surface area contributed by atoms with Gasteiger partial charge in [0, 0.05) is 36.5 Å². The first-order valence-electron chi connectivity index (χ1n) is 19.5. The van der Waals surface area contributed by atoms with Crippen molar-refractivity contribution in [2.24, 2.45) is 11.8 Å². The summed E-state index contributed by atoms with van der Waals surface area (Å²) in [6.45, 7) is 11.4. The maximum absolute atomic E-state index is 14.3. The van der Waals surface area contributed by atoms with Gasteiger partial charge >= 0.3 is 57.7 Å². The van der Waals surface area contributed by atoms with E-state index in [2.05, 4.69) is 39.8 Å². The van der Waals surface area contributed by atoms with Crippen LogP contribution in [-0.2, 0) is 49.4 Å². The Labute approximate surface area is 393 Å². The molecule has 60 heavy (non-hydrogen) atoms. The molecule has 0 fully saturated rings. The number of nitrogens with zero attached hydrogens (tertiary/aromatic N) is 3. The molecule has 5 N–H and O–H groups in total. The molecule has 0 saturated carbocycles. The molecule has 5 atom stereocenters. The molecular weight excluding hydrogens is 856 g/mol. The Kier molecular flexibility index (Phi) is 21.6. The Morgan fingerprint density at radius 2 is 1.52 bits per heavy atom. The second-order valence-electron chi connectivity index (χ2n) is 15.4. The van der Waals surface area contributed by atoms with Crippen LogP contribution >= 0.6 is 30.5 Å². The van der Waals surface area contributed by atoms with Crippen molar-refractivity contribution in [1.82, 2.24) is 30.8 Å². The second kappa shape index (κ2) is 25.2. The van der Waals surface area contributed by atoms with Gasteiger partial charge in [0.25, 0.3) is 0 Å². The number of urea groups is 1. The number of phosphoric ester groups is 1. The van der Waals surface area contributed by atoms with E-state index in [-0.39, 0.29) is 78.4 Å². The summed E-state index contributed by atoms with van der Waals surface area (Å²) in [4.78, 5) is 71.9. The minimum atomic E-state index is -5.04. The number of phosphoric acid groups is 1. The first-order valence-corrected chi connectivity index (χ1v) is 22.8. The van der Waals surface area contributed by atoms with Crippen LogP contribution in [0.2, 0.25) is 0 Å². The third-order valence-electron chi connectivity index (χ3n) is 9.20. The van der Waals surface area contributed by atoms with E-state index in [1.165, 1.54) is 27.6 Å². The van der Waals surface area contributed by atoms with Crippen molar-refractivity contribution in [2.75, 3.05) is 7.05 Å². The van der Waals surface area contributed by atoms with Crippen LogP contribution in [0.3, 0.4) is 0 Å². The van der Waals surface area contributed by atoms with E-state index < -0.39 is 62.3 Å². The van der Waals surface area contributed by atoms with Gasteiger partial charge in [0.2, 0.25) is 5.91 Å². The average molecular weight is 915 g/mol. The van der Waals surface area contributed by atoms with E-state index in [1.807, 2.05) is 79.9 Å². The van der Waals surface area contributed by atoms with Gasteiger partial charge in [-0.05, 0) is 36.3 Å². The van der Waals surface area contributed by atoms with Gasteiger partial charge in [-0.2, -0.15) is 0 Å². The van der Waals surface area contributed by atoms with Gasteiger partial charge in [-0.3, -0.25) is 14.3 Å². The first-order chi connectivity index (χ1) is 28.0. The van der Waals surface area contributed by atoms with Crippen LogP contribution < -0.4 is 16.0 Å². The Hall–Kier alpha value is -2.96. The molecule has 2 heterocycles. The zero-order valence-electron chi connectivity index (χ0n) is 37.2. The van der Waals surface area contributed by atoms with Crippen molar-refractivity contribution in [1.29, 1.82) is 0 Å². The van der Waals surface area contributed by atoms with Crippen LogP contribution in [0.4, 0.5) is 9.59 Å². The van der Waals surface area contributed by atoms with Crippen LogP contribution in [0, 0.1) is 11.8 Å². The molecule has 0 spiro atoms. The number of ether oxygens (including phenoxy) is 2. The number of thiazole rings is 2. The summed E-state index contributed by atoms with van der Waals surface area (Å²) < 4.78 is 29.4. The standard InChI is InChI=1S/C41H57N6O9PS2.Ca.2H/c1-26(2)36(46-40(49)47(7)22-32-24-58-38(44-32)27(3)4)37(48)43-31(18-29-14-10-8-11-15-29)20-35(55-39(28(5)6)56-57(51,52)53)34(19-30-16-12-9-13-17-30)45-41(50)54-23-33-21-42-25-59-33;;;/h8-17,21,24-28,31,34-36,39H,18-20,22-23H2,1-7H3,(H,43,48)(H,45,50)(H,46,49)(H2,51,52,53);;;/q;+2;2*-1/t31-,34-,35-,36-,39?;;;/m0.../s1. The number of hydrogen-bond acceptors (Lipinski definition) is 11. The van der Waals surface area contributed by atoms with Gasteiger partial charge in [-0.25, -0.2) is 19.1 Å². The molecule has 4 amide bonds. The van der Waals surface area contributed by atoms with Gasteiger partial charge in [-0.15, -0.1) is 22.7 Å². The third kappa shape index (κ3) is 17.8. The van der Waals surface area contributed by atoms with Gasteiger partial charge in [0.05, 0.1) is 39.8 Å². The summed E-state index contributed by atoms with van der Waals surface area (Å²) in [5.74, 6) is -1.04. The maximum atomic E-state index is 14.3. The fourth-order valence-electron chi connectivity index (χ4n) is 6.13. The Morgan fingerprint density at radius 3 is 2.05 bits per heavy atom. The molecule has 0 bridgehead atoms. The van der Waals surface area contributed by atoms with E-state index >= 15 is 0 Å². The Morgan fingerprint density at radius 1 is 0.883 bits per heavy atom. The second-order valence-corrected chi connectivity index (χ2v) is 18.4. The predicted octanol–water partition coefficient (Wildman–Crippen LogP) is 6.87. The van der Waals surface area contributed by atoms with Crippen LogP contribution in [0.15, 0.2) is 77.8 Å². The van der Waals surface area contributed by atoms with Gasteiger partial charge < -0.3 is 43.0 Å². The van der Waals surface area contributed by atoms with E-state index in [9.17, 15) is 28.7 Å². The zero-order chi connectivity index (χ0) is 43.1. The minimum absolute atomic E-state index is 0. The number of carbonyl (C=O) groups is 3. The third-order valence-corrected chi connectivity index (χ3v) is 11.6. The molecule has 326 valence electrons. The molecule has 0 radical (unpaired) electrons. The number of alkyl carbamates (subject to hydrolysis) is 1. The normalized spacial score (nSPS) is 14.1. The monoisotopic (exact) mass is 914 g/mol. The number of rotatable bonds is 22. The number of amides is 4. The molecule has 1 unspecified atom stereocenters. The Balaban J connectivity index is 0.00000641. The van der Waals surface area contributed by atoms with Crippen molar-refractivity contribution in [3.8, 4) is 0 Å². The topological polar surface area (TPSA) is 202 Å². The smallest absolute Gasteiger partial charge is 1.00 e. The van der Waals surface area contributed by atoms with Crippen molar-refractivity contribution < 1.29 is 45.6 Å². The van der Waals surface area contributed by atoms with Gasteiger partial charge in [0.15, 0.2) is 6.29 Å². The summed E-state index contributed by atoms with van der Waals surface area (Å²) in [6.07, 6.45) is -0.987. The van der Waals surface area contributed by atoms with Crippen molar-refractivity contribution in [3.63, 3.8) is 0 Å². The molecule has 2 aromatic carbocycles. The van der Waals surface area contributed by atoms with Crippen molar-refractivity contribution in [2.45, 2.75) is 110 Å². The van der Waals surface area contributed by atoms with E-state index in [0.29, 0.717) is 6.42 Å². The summed E-state index contributed by atoms with van der Waals surface area (Å²) in [6, 6.07) is 15.9. The number of hydrogen-bond donors (Lipinski definition) is 5. The van der Waals surface area contributed by atoms with Crippen LogP contribution in [0.25, 0.3) is 0 Å². The molecular formula is C41H59CaN6O9PS2. The van der Waals surface area contributed by atoms with Crippen LogP contribution in [0.1, 0.15) is 83.4 Å².